The maximum absolute atomic E-state index is 13.0. The molecule has 0 aliphatic carbocycles. The fourth-order valence-corrected chi connectivity index (χ4v) is 1.20. The molecule has 1 rings (SSSR count). The zero-order valence-corrected chi connectivity index (χ0v) is 9.55. The highest BCUT2D eigenvalue weighted by molar-refractivity contribution is 5.70. The zero-order valence-electron chi connectivity index (χ0n) is 9.55. The van der Waals surface area contributed by atoms with Crippen LogP contribution in [0.1, 0.15) is 13.8 Å². The van der Waals surface area contributed by atoms with E-state index in [0.29, 0.717) is 0 Å². The molecule has 0 radical (unpaired) electrons. The lowest BCUT2D eigenvalue weighted by Crippen LogP contribution is -2.37. The van der Waals surface area contributed by atoms with Gasteiger partial charge in [0.25, 0.3) is 0 Å². The van der Waals surface area contributed by atoms with E-state index in [0.717, 1.165) is 26.2 Å². The normalized spacial score (nSPS) is 15.8. The third kappa shape index (κ3) is 5.01. The highest BCUT2D eigenvalue weighted by Crippen LogP contribution is 2.11. The topological polar surface area (TPSA) is 46.4 Å². The Morgan fingerprint density at radius 2 is 1.94 bits per heavy atom. The number of hydrogen-bond donors (Lipinski definition) is 0. The molecule has 0 saturated heterocycles. The Morgan fingerprint density at radius 3 is 2.12 bits per heavy atom. The predicted molar refractivity (Wildman–Crippen MR) is 50.1 cm³/mol. The molecule has 0 N–H and O–H groups in total. The first-order valence-electron chi connectivity index (χ1n) is 5.04. The summed E-state index contributed by atoms with van der Waals surface area (Å²) in [5.41, 5.74) is 0. The second-order valence-corrected chi connectivity index (χ2v) is 3.21. The van der Waals surface area contributed by atoms with E-state index in [1.54, 1.807) is 9.48 Å². The first kappa shape index (κ1) is 15.7. The average Bonchev–Trinajstić information content (AvgIpc) is 2.58. The Labute approximate surface area is 96.1 Å². The van der Waals surface area contributed by atoms with Crippen LogP contribution >= 0.6 is 0 Å². The van der Waals surface area contributed by atoms with Crippen LogP contribution in [0.4, 0.5) is 17.6 Å². The molecule has 0 aromatic heterocycles. The second-order valence-electron chi connectivity index (χ2n) is 3.21. The van der Waals surface area contributed by atoms with E-state index < -0.39 is 12.1 Å². The van der Waals surface area contributed by atoms with Crippen molar-refractivity contribution in [3.8, 4) is 0 Å². The lowest BCUT2D eigenvalue weighted by Gasteiger charge is -2.03. The molecule has 0 aromatic rings. The fourth-order valence-electron chi connectivity index (χ4n) is 1.20. The van der Waals surface area contributed by atoms with Gasteiger partial charge in [0.2, 0.25) is 0 Å². The van der Waals surface area contributed by atoms with E-state index in [4.69, 9.17) is 9.90 Å². The molecular weight excluding hydrogens is 244 g/mol. The first-order valence-corrected chi connectivity index (χ1v) is 5.04. The molecular formula is C9H14F4N2O2. The van der Waals surface area contributed by atoms with E-state index in [-0.39, 0.29) is 6.09 Å². The van der Waals surface area contributed by atoms with Gasteiger partial charge in [0.1, 0.15) is 19.1 Å². The van der Waals surface area contributed by atoms with Crippen molar-refractivity contribution in [3.05, 3.63) is 0 Å². The van der Waals surface area contributed by atoms with Gasteiger partial charge in [0, 0.05) is 0 Å². The van der Waals surface area contributed by atoms with Crippen LogP contribution in [0.3, 0.4) is 0 Å². The number of carbonyl (C=O) groups is 1. The van der Waals surface area contributed by atoms with Crippen LogP contribution < -0.4 is 5.11 Å². The summed E-state index contributed by atoms with van der Waals surface area (Å²) >= 11 is 0. The van der Waals surface area contributed by atoms with Crippen molar-refractivity contribution in [2.75, 3.05) is 26.2 Å². The first-order chi connectivity index (χ1) is 7.73. The number of hydrogen-bond acceptors (Lipinski definition) is 3. The van der Waals surface area contributed by atoms with Gasteiger partial charge in [-0.3, -0.25) is 0 Å². The number of carboxylic acid groups (broad SMARTS) is 1. The lowest BCUT2D eigenvalue weighted by atomic mass is 10.5. The quantitative estimate of drug-likeness (QED) is 0.397. The summed E-state index contributed by atoms with van der Waals surface area (Å²) in [4.78, 5) is 10.5. The molecule has 0 bridgehead atoms. The molecule has 8 heteroatoms. The van der Waals surface area contributed by atoms with Gasteiger partial charge in [0.15, 0.2) is 0 Å². The summed E-state index contributed by atoms with van der Waals surface area (Å²) in [5, 5.41) is 8.78. The van der Waals surface area contributed by atoms with Crippen molar-refractivity contribution < 1.29 is 32.0 Å². The van der Waals surface area contributed by atoms with Crippen LogP contribution in [0, 0.1) is 0 Å². The number of alkyl halides is 3. The maximum Gasteiger partial charge on any atom is 0.436 e. The SMILES string of the molecule is CCN1CC[N+](CC)=C1F.O=C([O-])C(F)(F)F. The molecule has 0 aromatic carbocycles. The number of halogens is 4. The molecule has 0 saturated carbocycles. The number of nitrogens with zero attached hydrogens (tertiary/aromatic N) is 2. The number of rotatable bonds is 2. The minimum atomic E-state index is -5.19. The van der Waals surface area contributed by atoms with Gasteiger partial charge >= 0.3 is 12.3 Å². The van der Waals surface area contributed by atoms with Gasteiger partial charge < -0.3 is 9.90 Å². The summed E-state index contributed by atoms with van der Waals surface area (Å²) in [5.74, 6) is -3.01. The smallest absolute Gasteiger partial charge is 0.436 e. The standard InChI is InChI=1S/C7H14FN2.C2HF3O2/c1-3-9-5-6-10(4-2)7(9)8;3-2(4,5)1(6)7/h3-6H2,1-2H3;(H,6,7)/q+1;/p-1. The molecule has 0 amide bonds. The monoisotopic (exact) mass is 258 g/mol. The summed E-state index contributed by atoms with van der Waals surface area (Å²) in [7, 11) is 0. The van der Waals surface area contributed by atoms with Gasteiger partial charge in [0.05, 0.1) is 13.1 Å². The van der Waals surface area contributed by atoms with Crippen molar-refractivity contribution in [1.29, 1.82) is 0 Å². The zero-order chi connectivity index (χ0) is 13.6. The van der Waals surface area contributed by atoms with E-state index in [2.05, 4.69) is 0 Å². The maximum atomic E-state index is 13.0. The van der Waals surface area contributed by atoms with Gasteiger partial charge in [-0.1, -0.05) is 0 Å². The van der Waals surface area contributed by atoms with Crippen molar-refractivity contribution >= 4 is 12.1 Å². The molecule has 0 unspecified atom stereocenters. The van der Waals surface area contributed by atoms with Crippen molar-refractivity contribution in [2.45, 2.75) is 20.0 Å². The minimum absolute atomic E-state index is 0.0509. The highest BCUT2D eigenvalue weighted by atomic mass is 19.4. The summed E-state index contributed by atoms with van der Waals surface area (Å²) < 4.78 is 46.3. The second kappa shape index (κ2) is 6.41. The largest absolute Gasteiger partial charge is 0.542 e. The average molecular weight is 258 g/mol. The number of amidine groups is 1. The van der Waals surface area contributed by atoms with Crippen molar-refractivity contribution in [3.63, 3.8) is 0 Å². The van der Waals surface area contributed by atoms with E-state index >= 15 is 0 Å². The number of carboxylic acids is 1. The Balaban J connectivity index is 0.000000325. The summed E-state index contributed by atoms with van der Waals surface area (Å²) in [6, 6.07) is 0. The van der Waals surface area contributed by atoms with Crippen LogP contribution in [-0.4, -0.2) is 53.9 Å². The van der Waals surface area contributed by atoms with Crippen LogP contribution in [0.25, 0.3) is 0 Å². The molecule has 0 fully saturated rings. The number of aliphatic carboxylic acids is 1. The van der Waals surface area contributed by atoms with Crippen LogP contribution in [-0.2, 0) is 4.79 Å². The molecule has 0 spiro atoms. The molecule has 1 aliphatic rings. The number of likely N-dealkylation sites (N-methyl/N-ethyl adjacent to an activating group) is 2. The van der Waals surface area contributed by atoms with E-state index in [1.807, 2.05) is 13.8 Å². The van der Waals surface area contributed by atoms with Crippen molar-refractivity contribution in [1.82, 2.24) is 4.90 Å². The summed E-state index contributed by atoms with van der Waals surface area (Å²) in [6.07, 6.45) is -5.25. The molecule has 17 heavy (non-hydrogen) atoms. The third-order valence-electron chi connectivity index (χ3n) is 2.16. The Morgan fingerprint density at radius 1 is 1.47 bits per heavy atom. The Hall–Kier alpha value is -1.34. The number of carbonyl (C=O) groups excluding carboxylic acids is 1. The Kier molecular flexibility index (Phi) is 5.90. The Bertz CT molecular complexity index is 302. The van der Waals surface area contributed by atoms with E-state index in [9.17, 15) is 17.6 Å². The van der Waals surface area contributed by atoms with E-state index in [1.165, 1.54) is 0 Å². The van der Waals surface area contributed by atoms with Crippen LogP contribution in [0.15, 0.2) is 0 Å². The van der Waals surface area contributed by atoms with Crippen LogP contribution in [0.2, 0.25) is 0 Å². The van der Waals surface area contributed by atoms with Gasteiger partial charge in [-0.2, -0.15) is 13.2 Å². The highest BCUT2D eigenvalue weighted by Gasteiger charge is 2.29. The fraction of sp³-hybridized carbons (Fsp3) is 0.778. The van der Waals surface area contributed by atoms with Crippen LogP contribution in [0.5, 0.6) is 0 Å². The van der Waals surface area contributed by atoms with Gasteiger partial charge in [-0.25, -0.2) is 9.48 Å². The molecule has 1 heterocycles. The third-order valence-corrected chi connectivity index (χ3v) is 2.16. The minimum Gasteiger partial charge on any atom is -0.542 e. The molecule has 4 nitrogen and oxygen atoms in total. The summed E-state index contributed by atoms with van der Waals surface area (Å²) in [6.45, 7) is 7.19. The van der Waals surface area contributed by atoms with Gasteiger partial charge in [-0.15, -0.1) is 4.39 Å². The predicted octanol–water partition coefficient (Wildman–Crippen LogP) is -0.0216. The molecule has 0 atom stereocenters. The lowest BCUT2D eigenvalue weighted by molar-refractivity contribution is -0.519. The molecule has 1 aliphatic heterocycles. The molecule has 100 valence electrons. The van der Waals surface area contributed by atoms with Gasteiger partial charge in [-0.05, 0) is 13.8 Å². The van der Waals surface area contributed by atoms with Crippen molar-refractivity contribution in [2.24, 2.45) is 0 Å².